The normalized spacial score (nSPS) is 10.8. The number of rotatable bonds is 9. The molecule has 2 aromatic carbocycles. The lowest BCUT2D eigenvalue weighted by molar-refractivity contribution is -0.134. The number of methoxy groups -OCH3 is 1. The van der Waals surface area contributed by atoms with Gasteiger partial charge in [0.1, 0.15) is 11.6 Å². The topological polar surface area (TPSA) is 84.5 Å². The van der Waals surface area contributed by atoms with Crippen LogP contribution in [0.15, 0.2) is 53.3 Å². The first-order valence-electron chi connectivity index (χ1n) is 9.57. The number of ether oxygens (including phenoxy) is 2. The third-order valence-corrected chi connectivity index (χ3v) is 4.61. The van der Waals surface area contributed by atoms with Crippen molar-refractivity contribution in [3.63, 3.8) is 0 Å². The van der Waals surface area contributed by atoms with E-state index in [-0.39, 0.29) is 24.6 Å². The fourth-order valence-corrected chi connectivity index (χ4v) is 2.94. The lowest BCUT2D eigenvalue weighted by Crippen LogP contribution is -2.37. The van der Waals surface area contributed by atoms with Gasteiger partial charge in [0, 0.05) is 13.7 Å². The Kier molecular flexibility index (Phi) is 6.97. The van der Waals surface area contributed by atoms with Gasteiger partial charge in [0.05, 0.1) is 24.1 Å². The molecule has 152 valence electrons. The molecule has 1 N–H and O–H groups in total. The van der Waals surface area contributed by atoms with Gasteiger partial charge in [-0.05, 0) is 36.2 Å². The number of nitrogens with one attached hydrogen (secondary N) is 1. The Balaban J connectivity index is 1.71. The van der Waals surface area contributed by atoms with Crippen LogP contribution in [0.2, 0.25) is 0 Å². The van der Waals surface area contributed by atoms with Crippen molar-refractivity contribution in [1.82, 2.24) is 14.9 Å². The maximum absolute atomic E-state index is 12.7. The molecule has 0 spiro atoms. The van der Waals surface area contributed by atoms with Crippen molar-refractivity contribution in [2.75, 3.05) is 26.9 Å². The highest BCUT2D eigenvalue weighted by atomic mass is 16.5. The molecule has 0 radical (unpaired) electrons. The van der Waals surface area contributed by atoms with Gasteiger partial charge in [-0.15, -0.1) is 0 Å². The van der Waals surface area contributed by atoms with E-state index in [0.29, 0.717) is 35.6 Å². The quantitative estimate of drug-likeness (QED) is 0.602. The van der Waals surface area contributed by atoms with Crippen LogP contribution in [0.25, 0.3) is 10.9 Å². The van der Waals surface area contributed by atoms with Gasteiger partial charge in [-0.25, -0.2) is 4.98 Å². The standard InChI is InChI=1S/C22H25N3O4/c1-3-16-8-10-17(11-9-16)29-15-21(26)25(12-13-28-2)14-20-23-19-7-5-4-6-18(19)22(27)24-20/h4-11H,3,12-15H2,1-2H3,(H,23,24,27). The number of benzene rings is 2. The Morgan fingerprint density at radius 1 is 1.14 bits per heavy atom. The van der Waals surface area contributed by atoms with Gasteiger partial charge in [-0.3, -0.25) is 9.59 Å². The lowest BCUT2D eigenvalue weighted by Gasteiger charge is -2.22. The summed E-state index contributed by atoms with van der Waals surface area (Å²) in [5.41, 5.74) is 1.58. The molecule has 0 atom stereocenters. The number of carbonyl (C=O) groups excluding carboxylic acids is 1. The number of hydrogen-bond acceptors (Lipinski definition) is 5. The SMILES string of the molecule is CCc1ccc(OCC(=O)N(CCOC)Cc2nc3ccccc3c(=O)[nH]2)cc1. The molecule has 7 heteroatoms. The third kappa shape index (κ3) is 5.42. The van der Waals surface area contributed by atoms with E-state index in [0.717, 1.165) is 6.42 Å². The summed E-state index contributed by atoms with van der Waals surface area (Å²) in [6.07, 6.45) is 0.945. The van der Waals surface area contributed by atoms with Crippen LogP contribution in [0.5, 0.6) is 5.75 Å². The summed E-state index contributed by atoms with van der Waals surface area (Å²) >= 11 is 0. The molecule has 0 aliphatic heterocycles. The van der Waals surface area contributed by atoms with Crippen LogP contribution in [-0.2, 0) is 22.5 Å². The minimum atomic E-state index is -0.225. The zero-order valence-corrected chi connectivity index (χ0v) is 16.7. The van der Waals surface area contributed by atoms with E-state index in [1.807, 2.05) is 30.3 Å². The Hall–Kier alpha value is -3.19. The molecule has 29 heavy (non-hydrogen) atoms. The van der Waals surface area contributed by atoms with Gasteiger partial charge < -0.3 is 19.4 Å². The maximum Gasteiger partial charge on any atom is 0.260 e. The first-order chi connectivity index (χ1) is 14.1. The lowest BCUT2D eigenvalue weighted by atomic mass is 10.2. The number of H-pyrrole nitrogens is 1. The zero-order valence-electron chi connectivity index (χ0n) is 16.7. The van der Waals surface area contributed by atoms with Crippen LogP contribution < -0.4 is 10.3 Å². The van der Waals surface area contributed by atoms with Crippen LogP contribution in [0, 0.1) is 0 Å². The molecule has 1 amide bonds. The van der Waals surface area contributed by atoms with E-state index in [9.17, 15) is 9.59 Å². The summed E-state index contributed by atoms with van der Waals surface area (Å²) < 4.78 is 10.8. The summed E-state index contributed by atoms with van der Waals surface area (Å²) in [7, 11) is 1.57. The molecule has 0 saturated heterocycles. The van der Waals surface area contributed by atoms with E-state index in [1.165, 1.54) is 5.56 Å². The summed E-state index contributed by atoms with van der Waals surface area (Å²) in [6, 6.07) is 14.8. The molecule has 0 bridgehead atoms. The maximum atomic E-state index is 12.7. The minimum absolute atomic E-state index is 0.104. The number of aromatic amines is 1. The highest BCUT2D eigenvalue weighted by Gasteiger charge is 2.16. The van der Waals surface area contributed by atoms with Crippen LogP contribution in [0.1, 0.15) is 18.3 Å². The summed E-state index contributed by atoms with van der Waals surface area (Å²) in [5.74, 6) is 0.849. The van der Waals surface area contributed by atoms with Crippen molar-refractivity contribution in [2.24, 2.45) is 0 Å². The highest BCUT2D eigenvalue weighted by Crippen LogP contribution is 2.13. The fraction of sp³-hybridized carbons (Fsp3) is 0.318. The van der Waals surface area contributed by atoms with Crippen molar-refractivity contribution in [3.05, 3.63) is 70.3 Å². The van der Waals surface area contributed by atoms with Gasteiger partial charge in [0.15, 0.2) is 6.61 Å². The Labute approximate surface area is 169 Å². The van der Waals surface area contributed by atoms with Gasteiger partial charge in [-0.1, -0.05) is 31.2 Å². The molecule has 3 rings (SSSR count). The summed E-state index contributed by atoms with van der Waals surface area (Å²) in [4.78, 5) is 33.8. The molecule has 0 unspecified atom stereocenters. The molecular weight excluding hydrogens is 370 g/mol. The number of para-hydroxylation sites is 1. The van der Waals surface area contributed by atoms with Crippen molar-refractivity contribution in [3.8, 4) is 5.75 Å². The van der Waals surface area contributed by atoms with Gasteiger partial charge >= 0.3 is 0 Å². The van der Waals surface area contributed by atoms with Crippen molar-refractivity contribution >= 4 is 16.8 Å². The third-order valence-electron chi connectivity index (χ3n) is 4.61. The summed E-state index contributed by atoms with van der Waals surface area (Å²) in [5, 5.41) is 0.518. The smallest absolute Gasteiger partial charge is 0.260 e. The molecule has 1 aromatic heterocycles. The first-order valence-corrected chi connectivity index (χ1v) is 9.57. The van der Waals surface area contributed by atoms with Crippen molar-refractivity contribution in [2.45, 2.75) is 19.9 Å². The van der Waals surface area contributed by atoms with E-state index >= 15 is 0 Å². The van der Waals surface area contributed by atoms with Crippen LogP contribution >= 0.6 is 0 Å². The number of carbonyl (C=O) groups is 1. The van der Waals surface area contributed by atoms with Crippen LogP contribution in [0.3, 0.4) is 0 Å². The molecule has 0 aliphatic carbocycles. The predicted molar refractivity (Wildman–Crippen MR) is 111 cm³/mol. The molecular formula is C22H25N3O4. The fourth-order valence-electron chi connectivity index (χ4n) is 2.94. The molecule has 7 nitrogen and oxygen atoms in total. The zero-order chi connectivity index (χ0) is 20.6. The molecule has 1 heterocycles. The number of nitrogens with zero attached hydrogens (tertiary/aromatic N) is 2. The van der Waals surface area contributed by atoms with E-state index < -0.39 is 0 Å². The number of aromatic nitrogens is 2. The summed E-state index contributed by atoms with van der Waals surface area (Å²) in [6.45, 7) is 2.88. The second-order valence-corrected chi connectivity index (χ2v) is 6.62. The van der Waals surface area contributed by atoms with Crippen molar-refractivity contribution < 1.29 is 14.3 Å². The highest BCUT2D eigenvalue weighted by molar-refractivity contribution is 5.78. The van der Waals surface area contributed by atoms with Crippen molar-refractivity contribution in [1.29, 1.82) is 0 Å². The average molecular weight is 395 g/mol. The van der Waals surface area contributed by atoms with Gasteiger partial charge in [0.2, 0.25) is 0 Å². The van der Waals surface area contributed by atoms with E-state index in [2.05, 4.69) is 16.9 Å². The largest absolute Gasteiger partial charge is 0.484 e. The minimum Gasteiger partial charge on any atom is -0.484 e. The van der Waals surface area contributed by atoms with Crippen LogP contribution in [0.4, 0.5) is 0 Å². The molecule has 3 aromatic rings. The number of hydrogen-bond donors (Lipinski definition) is 1. The second-order valence-electron chi connectivity index (χ2n) is 6.62. The average Bonchev–Trinajstić information content (AvgIpc) is 2.75. The number of aryl methyl sites for hydroxylation is 1. The van der Waals surface area contributed by atoms with Gasteiger partial charge in [0.25, 0.3) is 11.5 Å². The first kappa shape index (κ1) is 20.5. The molecule has 0 saturated carbocycles. The molecule has 0 fully saturated rings. The molecule has 0 aliphatic rings. The second kappa shape index (κ2) is 9.84. The Morgan fingerprint density at radius 2 is 1.90 bits per heavy atom. The Bertz CT molecular complexity index is 1010. The van der Waals surface area contributed by atoms with E-state index in [4.69, 9.17) is 9.47 Å². The predicted octanol–water partition coefficient (Wildman–Crippen LogP) is 2.54. The Morgan fingerprint density at radius 3 is 2.62 bits per heavy atom. The van der Waals surface area contributed by atoms with E-state index in [1.54, 1.807) is 30.2 Å². The monoisotopic (exact) mass is 395 g/mol. The number of fused-ring (bicyclic) bond motifs is 1. The number of amides is 1. The van der Waals surface area contributed by atoms with Gasteiger partial charge in [-0.2, -0.15) is 0 Å². The van der Waals surface area contributed by atoms with Crippen LogP contribution in [-0.4, -0.2) is 47.6 Å².